The topological polar surface area (TPSA) is 67.8 Å². The molecule has 1 aliphatic heterocycles. The first-order valence-corrected chi connectivity index (χ1v) is 8.94. The Kier molecular flexibility index (Phi) is 4.18. The van der Waals surface area contributed by atoms with Crippen LogP contribution in [0.2, 0.25) is 0 Å². The molecule has 0 spiro atoms. The highest BCUT2D eigenvalue weighted by atomic mass is 16.2. The van der Waals surface area contributed by atoms with Crippen LogP contribution in [0.5, 0.6) is 0 Å². The molecule has 5 nitrogen and oxygen atoms in total. The van der Waals surface area contributed by atoms with E-state index in [0.717, 1.165) is 35.6 Å². The summed E-state index contributed by atoms with van der Waals surface area (Å²) in [7, 11) is 0. The van der Waals surface area contributed by atoms with Crippen molar-refractivity contribution in [2.45, 2.75) is 38.8 Å². The lowest BCUT2D eigenvalue weighted by Crippen LogP contribution is -2.43. The molecule has 0 aliphatic carbocycles. The van der Waals surface area contributed by atoms with Gasteiger partial charge in [0.15, 0.2) is 0 Å². The van der Waals surface area contributed by atoms with Crippen molar-refractivity contribution >= 4 is 10.8 Å². The van der Waals surface area contributed by atoms with Gasteiger partial charge in [-0.25, -0.2) is 4.79 Å². The highest BCUT2D eigenvalue weighted by molar-refractivity contribution is 5.85. The average molecular weight is 345 g/mol. The van der Waals surface area contributed by atoms with E-state index >= 15 is 0 Å². The molecule has 2 heterocycles. The summed E-state index contributed by atoms with van der Waals surface area (Å²) in [5.74, 6) is 0. The summed E-state index contributed by atoms with van der Waals surface area (Å²) < 4.78 is 2.85. The molecule has 0 saturated carbocycles. The molecule has 4 rings (SSSR count). The monoisotopic (exact) mass is 345 g/mol. The van der Waals surface area contributed by atoms with Gasteiger partial charge < -0.3 is 0 Å². The van der Waals surface area contributed by atoms with Crippen LogP contribution < -0.4 is 11.2 Å². The Morgan fingerprint density at radius 2 is 1.81 bits per heavy atom. The van der Waals surface area contributed by atoms with Crippen molar-refractivity contribution in [3.05, 3.63) is 80.1 Å². The van der Waals surface area contributed by atoms with Crippen molar-refractivity contribution in [3.63, 3.8) is 0 Å². The summed E-state index contributed by atoms with van der Waals surface area (Å²) in [6.45, 7) is 0.743. The average Bonchev–Trinajstić information content (AvgIpc) is 2.92. The standard InChI is InChI=1S/C21H19N3O2/c22-13-18-19-11-2-1-5-12-23(19)21(26)24(20(18)25)14-16-9-6-8-15-7-3-4-10-17(15)16/h3-4,6-10H,1-2,5,11-12,14H2. The second-order valence-corrected chi connectivity index (χ2v) is 6.71. The first kappa shape index (κ1) is 16.3. The predicted octanol–water partition coefficient (Wildman–Crippen LogP) is 2.81. The molecule has 2 aromatic carbocycles. The summed E-state index contributed by atoms with van der Waals surface area (Å²) in [5, 5.41) is 11.6. The fourth-order valence-electron chi connectivity index (χ4n) is 3.82. The minimum Gasteiger partial charge on any atom is -0.296 e. The highest BCUT2D eigenvalue weighted by Gasteiger charge is 2.20. The van der Waals surface area contributed by atoms with Crippen LogP contribution in [0.1, 0.15) is 36.1 Å². The highest BCUT2D eigenvalue weighted by Crippen LogP contribution is 2.19. The maximum absolute atomic E-state index is 13.0. The number of fused-ring (bicyclic) bond motifs is 2. The van der Waals surface area contributed by atoms with Gasteiger partial charge in [0.1, 0.15) is 11.6 Å². The summed E-state index contributed by atoms with van der Waals surface area (Å²) in [5.41, 5.74) is 0.846. The first-order valence-electron chi connectivity index (χ1n) is 8.94. The quantitative estimate of drug-likeness (QED) is 0.717. The summed E-state index contributed by atoms with van der Waals surface area (Å²) in [4.78, 5) is 25.9. The molecule has 0 N–H and O–H groups in total. The van der Waals surface area contributed by atoms with Gasteiger partial charge in [-0.1, -0.05) is 48.9 Å². The fraction of sp³-hybridized carbons (Fsp3) is 0.286. The van der Waals surface area contributed by atoms with E-state index in [4.69, 9.17) is 0 Å². The molecule has 3 aromatic rings. The summed E-state index contributed by atoms with van der Waals surface area (Å²) in [6, 6.07) is 15.8. The van der Waals surface area contributed by atoms with Crippen molar-refractivity contribution in [2.24, 2.45) is 0 Å². The van der Waals surface area contributed by atoms with Crippen LogP contribution in [-0.2, 0) is 19.5 Å². The van der Waals surface area contributed by atoms with Crippen LogP contribution in [0.15, 0.2) is 52.1 Å². The largest absolute Gasteiger partial charge is 0.331 e. The molecular formula is C21H19N3O2. The fourth-order valence-corrected chi connectivity index (χ4v) is 3.82. The Morgan fingerprint density at radius 1 is 1.00 bits per heavy atom. The van der Waals surface area contributed by atoms with Crippen LogP contribution in [0.25, 0.3) is 10.8 Å². The maximum Gasteiger partial charge on any atom is 0.331 e. The third-order valence-electron chi connectivity index (χ3n) is 5.15. The Labute approximate surface area is 150 Å². The van der Waals surface area contributed by atoms with Crippen molar-refractivity contribution < 1.29 is 0 Å². The van der Waals surface area contributed by atoms with Crippen LogP contribution in [0, 0.1) is 11.3 Å². The minimum atomic E-state index is -0.474. The normalized spacial score (nSPS) is 13.8. The van der Waals surface area contributed by atoms with Crippen molar-refractivity contribution in [1.29, 1.82) is 5.26 Å². The molecule has 5 heteroatoms. The van der Waals surface area contributed by atoms with E-state index in [0.29, 0.717) is 18.7 Å². The smallest absolute Gasteiger partial charge is 0.296 e. The molecule has 0 bridgehead atoms. The van der Waals surface area contributed by atoms with Gasteiger partial charge in [-0.3, -0.25) is 13.9 Å². The van der Waals surface area contributed by atoms with Crippen molar-refractivity contribution in [2.75, 3.05) is 0 Å². The Morgan fingerprint density at radius 3 is 2.65 bits per heavy atom. The molecule has 0 atom stereocenters. The molecule has 0 unspecified atom stereocenters. The number of nitriles is 1. The number of nitrogens with zero attached hydrogens (tertiary/aromatic N) is 3. The van der Waals surface area contributed by atoms with Gasteiger partial charge in [-0.2, -0.15) is 5.26 Å². The van der Waals surface area contributed by atoms with Gasteiger partial charge in [-0.05, 0) is 35.6 Å². The molecule has 1 aliphatic rings. The van der Waals surface area contributed by atoms with Crippen LogP contribution in [0.3, 0.4) is 0 Å². The maximum atomic E-state index is 13.0. The zero-order chi connectivity index (χ0) is 18.1. The zero-order valence-electron chi connectivity index (χ0n) is 14.4. The lowest BCUT2D eigenvalue weighted by molar-refractivity contribution is 0.553. The molecule has 26 heavy (non-hydrogen) atoms. The Bertz CT molecular complexity index is 1140. The number of benzene rings is 2. The van der Waals surface area contributed by atoms with Crippen LogP contribution >= 0.6 is 0 Å². The SMILES string of the molecule is N#Cc1c2n(c(=O)n(Cc3cccc4ccccc34)c1=O)CCCCC2. The predicted molar refractivity (Wildman–Crippen MR) is 100 cm³/mol. The van der Waals surface area contributed by atoms with E-state index < -0.39 is 5.56 Å². The lowest BCUT2D eigenvalue weighted by atomic mass is 10.0. The second-order valence-electron chi connectivity index (χ2n) is 6.71. The minimum absolute atomic E-state index is 0.117. The first-order chi connectivity index (χ1) is 12.7. The molecule has 130 valence electrons. The molecular weight excluding hydrogens is 326 g/mol. The Hall–Kier alpha value is -3.13. The third kappa shape index (κ3) is 2.64. The molecule has 0 radical (unpaired) electrons. The van der Waals surface area contributed by atoms with E-state index in [1.807, 2.05) is 48.5 Å². The van der Waals surface area contributed by atoms with E-state index in [9.17, 15) is 14.9 Å². The second kappa shape index (κ2) is 6.64. The van der Waals surface area contributed by atoms with Gasteiger partial charge in [-0.15, -0.1) is 0 Å². The van der Waals surface area contributed by atoms with E-state index in [2.05, 4.69) is 0 Å². The molecule has 1 aromatic heterocycles. The Balaban J connectivity index is 1.92. The third-order valence-corrected chi connectivity index (χ3v) is 5.15. The van der Waals surface area contributed by atoms with Gasteiger partial charge in [0, 0.05) is 12.2 Å². The van der Waals surface area contributed by atoms with Crippen molar-refractivity contribution in [1.82, 2.24) is 9.13 Å². The van der Waals surface area contributed by atoms with Crippen LogP contribution in [0.4, 0.5) is 0 Å². The molecule has 0 amide bonds. The zero-order valence-corrected chi connectivity index (χ0v) is 14.4. The van der Waals surface area contributed by atoms with Gasteiger partial charge in [0.2, 0.25) is 0 Å². The van der Waals surface area contributed by atoms with Crippen molar-refractivity contribution in [3.8, 4) is 6.07 Å². The van der Waals surface area contributed by atoms with Gasteiger partial charge in [0.25, 0.3) is 5.56 Å². The van der Waals surface area contributed by atoms with E-state index in [-0.39, 0.29) is 17.8 Å². The number of hydrogen-bond donors (Lipinski definition) is 0. The summed E-state index contributed by atoms with van der Waals surface area (Å²) >= 11 is 0. The van der Waals surface area contributed by atoms with Crippen LogP contribution in [-0.4, -0.2) is 9.13 Å². The number of hydrogen-bond acceptors (Lipinski definition) is 3. The van der Waals surface area contributed by atoms with Gasteiger partial charge >= 0.3 is 5.69 Å². The summed E-state index contributed by atoms with van der Waals surface area (Å²) in [6.07, 6.45) is 3.41. The van der Waals surface area contributed by atoms with Gasteiger partial charge in [0.05, 0.1) is 6.54 Å². The van der Waals surface area contributed by atoms with E-state index in [1.165, 1.54) is 4.57 Å². The molecule has 0 saturated heterocycles. The number of aromatic nitrogens is 2. The lowest BCUT2D eigenvalue weighted by Gasteiger charge is -2.15. The molecule has 0 fully saturated rings. The number of rotatable bonds is 2. The van der Waals surface area contributed by atoms with E-state index in [1.54, 1.807) is 4.57 Å².